The van der Waals surface area contributed by atoms with Gasteiger partial charge in [0.1, 0.15) is 17.5 Å². The molecule has 2 rings (SSSR count). The number of hydrogen-bond donors (Lipinski definition) is 1. The molecule has 1 aromatic carbocycles. The summed E-state index contributed by atoms with van der Waals surface area (Å²) in [5.74, 6) is -0.822. The lowest BCUT2D eigenvalue weighted by Crippen LogP contribution is -2.44. The monoisotopic (exact) mass is 444 g/mol. The first-order valence-electron chi connectivity index (χ1n) is 9.68. The molecule has 1 saturated heterocycles. The van der Waals surface area contributed by atoms with Crippen molar-refractivity contribution in [3.63, 3.8) is 0 Å². The van der Waals surface area contributed by atoms with Crippen LogP contribution < -0.4 is 5.32 Å². The molecule has 168 valence electrons. The maximum Gasteiger partial charge on any atom is 0.407 e. The molecule has 0 aromatic heterocycles. The third kappa shape index (κ3) is 6.66. The van der Waals surface area contributed by atoms with Gasteiger partial charge in [0, 0.05) is 25.1 Å². The number of halogens is 1. The molecule has 0 saturated carbocycles. The predicted molar refractivity (Wildman–Crippen MR) is 109 cm³/mol. The van der Waals surface area contributed by atoms with Gasteiger partial charge in [-0.05, 0) is 45.7 Å². The Kier molecular flexibility index (Phi) is 7.46. The van der Waals surface area contributed by atoms with Gasteiger partial charge in [-0.15, -0.1) is 0 Å². The Balaban J connectivity index is 2.22. The molecule has 1 unspecified atom stereocenters. The van der Waals surface area contributed by atoms with Gasteiger partial charge in [-0.1, -0.05) is 12.1 Å². The van der Waals surface area contributed by atoms with Crippen LogP contribution in [0.25, 0.3) is 0 Å². The Labute approximate surface area is 176 Å². The number of nitrogens with zero attached hydrogens (tertiary/aromatic N) is 1. The fourth-order valence-electron chi connectivity index (χ4n) is 3.45. The molecule has 2 atom stereocenters. The van der Waals surface area contributed by atoms with Crippen LogP contribution in [0.3, 0.4) is 0 Å². The van der Waals surface area contributed by atoms with Crippen LogP contribution in [-0.4, -0.2) is 56.3 Å². The lowest BCUT2D eigenvalue weighted by atomic mass is 9.96. The Morgan fingerprint density at radius 2 is 2.03 bits per heavy atom. The summed E-state index contributed by atoms with van der Waals surface area (Å²) >= 11 is 0. The number of alkyl carbamates (subject to hydrolysis) is 1. The third-order valence-electron chi connectivity index (χ3n) is 4.58. The first-order chi connectivity index (χ1) is 13.8. The number of benzene rings is 1. The largest absolute Gasteiger partial charge is 0.444 e. The summed E-state index contributed by atoms with van der Waals surface area (Å²) in [6, 6.07) is 3.71. The zero-order valence-corrected chi connectivity index (χ0v) is 18.7. The Hall–Kier alpha value is -2.20. The smallest absolute Gasteiger partial charge is 0.407 e. The normalized spacial score (nSPS) is 18.4. The van der Waals surface area contributed by atoms with Crippen molar-refractivity contribution < 1.29 is 31.3 Å². The van der Waals surface area contributed by atoms with E-state index < -0.39 is 39.8 Å². The predicted octanol–water partition coefficient (Wildman–Crippen LogP) is 2.67. The fraction of sp³-hybridized carbons (Fsp3) is 0.600. The summed E-state index contributed by atoms with van der Waals surface area (Å²) in [7, 11) is -3.93. The van der Waals surface area contributed by atoms with Crippen molar-refractivity contribution in [2.24, 2.45) is 0 Å². The summed E-state index contributed by atoms with van der Waals surface area (Å²) in [6.45, 7) is 7.06. The van der Waals surface area contributed by atoms with Crippen LogP contribution >= 0.6 is 0 Å². The maximum atomic E-state index is 14.6. The number of aryl methyl sites for hydroxylation is 1. The molecule has 1 aliphatic rings. The number of nitrogens with one attached hydrogen (secondary N) is 1. The van der Waals surface area contributed by atoms with Crippen molar-refractivity contribution in [1.82, 2.24) is 10.2 Å². The Morgan fingerprint density at radius 3 is 2.60 bits per heavy atom. The summed E-state index contributed by atoms with van der Waals surface area (Å²) in [4.78, 5) is 25.7. The average molecular weight is 445 g/mol. The van der Waals surface area contributed by atoms with E-state index in [0.29, 0.717) is 12.0 Å². The van der Waals surface area contributed by atoms with Gasteiger partial charge in [0.2, 0.25) is 5.91 Å². The minimum atomic E-state index is -3.93. The van der Waals surface area contributed by atoms with Crippen LogP contribution in [0.5, 0.6) is 0 Å². The number of amides is 2. The second-order valence-electron chi connectivity index (χ2n) is 8.31. The van der Waals surface area contributed by atoms with E-state index in [1.165, 1.54) is 17.0 Å². The summed E-state index contributed by atoms with van der Waals surface area (Å²) in [6.07, 6.45) is -0.441. The van der Waals surface area contributed by atoms with Crippen LogP contribution in [0.2, 0.25) is 0 Å². The highest BCUT2D eigenvalue weighted by atomic mass is 32.2. The van der Waals surface area contributed by atoms with Crippen LogP contribution in [0.4, 0.5) is 9.18 Å². The lowest BCUT2D eigenvalue weighted by Gasteiger charge is -2.32. The van der Waals surface area contributed by atoms with Gasteiger partial charge in [0.15, 0.2) is 0 Å². The van der Waals surface area contributed by atoms with Crippen LogP contribution in [0.15, 0.2) is 18.2 Å². The van der Waals surface area contributed by atoms with Gasteiger partial charge < -0.3 is 15.0 Å². The highest BCUT2D eigenvalue weighted by Gasteiger charge is 2.41. The molecule has 2 amide bonds. The molecule has 0 aliphatic carbocycles. The van der Waals surface area contributed by atoms with Gasteiger partial charge in [0.25, 0.3) is 10.1 Å². The van der Waals surface area contributed by atoms with Gasteiger partial charge in [0.05, 0.1) is 12.3 Å². The fourth-order valence-corrected chi connectivity index (χ4v) is 4.05. The zero-order valence-electron chi connectivity index (χ0n) is 17.9. The number of likely N-dealkylation sites (tertiary alicyclic amines) is 1. The van der Waals surface area contributed by atoms with E-state index >= 15 is 0 Å². The zero-order chi connectivity index (χ0) is 22.7. The van der Waals surface area contributed by atoms with E-state index in [1.54, 1.807) is 33.8 Å². The molecular weight excluding hydrogens is 415 g/mol. The molecule has 1 aliphatic heterocycles. The van der Waals surface area contributed by atoms with Crippen molar-refractivity contribution in [2.45, 2.75) is 58.3 Å². The van der Waals surface area contributed by atoms with Crippen LogP contribution in [0.1, 0.15) is 50.8 Å². The summed E-state index contributed by atoms with van der Waals surface area (Å²) in [5, 5.41) is 2.57. The quantitative estimate of drug-likeness (QED) is 0.649. The van der Waals surface area contributed by atoms with E-state index in [1.807, 2.05) is 0 Å². The van der Waals surface area contributed by atoms with E-state index in [-0.39, 0.29) is 31.0 Å². The second-order valence-corrected chi connectivity index (χ2v) is 9.91. The molecular formula is C20H29FN2O6S. The van der Waals surface area contributed by atoms with Gasteiger partial charge in [-0.25, -0.2) is 9.18 Å². The van der Waals surface area contributed by atoms with E-state index in [0.717, 1.165) is 6.26 Å². The van der Waals surface area contributed by atoms with Crippen molar-refractivity contribution in [2.75, 3.05) is 19.3 Å². The first kappa shape index (κ1) is 24.1. The number of rotatable bonds is 7. The lowest BCUT2D eigenvalue weighted by molar-refractivity contribution is -0.130. The van der Waals surface area contributed by atoms with Crippen LogP contribution in [-0.2, 0) is 23.8 Å². The molecule has 8 nitrogen and oxygen atoms in total. The number of hydrogen-bond acceptors (Lipinski definition) is 6. The molecule has 0 spiro atoms. The SMILES string of the molecule is Cc1cccc(F)c1C(OS(C)(=O)=O)[C@@H]1CCC(=O)N1CCNC(=O)OC(C)(C)C. The molecule has 1 aromatic rings. The minimum Gasteiger partial charge on any atom is -0.444 e. The van der Waals surface area contributed by atoms with Crippen LogP contribution in [0, 0.1) is 12.7 Å². The summed E-state index contributed by atoms with van der Waals surface area (Å²) in [5.41, 5.74) is -0.0325. The minimum absolute atomic E-state index is 0.0962. The third-order valence-corrected chi connectivity index (χ3v) is 5.14. The summed E-state index contributed by atoms with van der Waals surface area (Å²) < 4.78 is 48.8. The van der Waals surface area contributed by atoms with Gasteiger partial charge in [-0.3, -0.25) is 8.98 Å². The van der Waals surface area contributed by atoms with E-state index in [4.69, 9.17) is 8.92 Å². The molecule has 0 bridgehead atoms. The van der Waals surface area contributed by atoms with Crippen molar-refractivity contribution >= 4 is 22.1 Å². The van der Waals surface area contributed by atoms with Crippen molar-refractivity contribution in [3.05, 3.63) is 35.1 Å². The van der Waals surface area contributed by atoms with Crippen molar-refractivity contribution in [1.29, 1.82) is 0 Å². The molecule has 1 N–H and O–H groups in total. The first-order valence-corrected chi connectivity index (χ1v) is 11.5. The highest BCUT2D eigenvalue weighted by Crippen LogP contribution is 2.36. The number of carbonyl (C=O) groups is 2. The molecule has 30 heavy (non-hydrogen) atoms. The Bertz CT molecular complexity index is 877. The molecule has 0 radical (unpaired) electrons. The molecule has 10 heteroatoms. The molecule has 1 fully saturated rings. The number of ether oxygens (including phenoxy) is 1. The van der Waals surface area contributed by atoms with E-state index in [9.17, 15) is 22.4 Å². The van der Waals surface area contributed by atoms with Gasteiger partial charge >= 0.3 is 6.09 Å². The highest BCUT2D eigenvalue weighted by molar-refractivity contribution is 7.86. The molecule has 1 heterocycles. The van der Waals surface area contributed by atoms with Crippen molar-refractivity contribution in [3.8, 4) is 0 Å². The topological polar surface area (TPSA) is 102 Å². The Morgan fingerprint density at radius 1 is 1.37 bits per heavy atom. The standard InChI is InChI=1S/C20H29FN2O6S/c1-13-7-6-8-14(21)17(13)18(29-30(5,26)27)15-9-10-16(24)23(15)12-11-22-19(25)28-20(2,3)4/h6-8,15,18H,9-12H2,1-5H3,(H,22,25)/t15-,18?/m0/s1. The second kappa shape index (κ2) is 9.30. The maximum absolute atomic E-state index is 14.6. The van der Waals surface area contributed by atoms with E-state index in [2.05, 4.69) is 5.32 Å². The average Bonchev–Trinajstić information content (AvgIpc) is 2.92. The van der Waals surface area contributed by atoms with Gasteiger partial charge in [-0.2, -0.15) is 8.42 Å². The number of carbonyl (C=O) groups excluding carboxylic acids is 2.